The molecule has 1 aromatic carbocycles. The van der Waals surface area contributed by atoms with Crippen molar-refractivity contribution in [3.8, 4) is 6.07 Å². The van der Waals surface area contributed by atoms with E-state index in [1.165, 1.54) is 23.6 Å². The van der Waals surface area contributed by atoms with Gasteiger partial charge in [0.25, 0.3) is 0 Å². The second-order valence-corrected chi connectivity index (χ2v) is 12.8. The van der Waals surface area contributed by atoms with Gasteiger partial charge in [0.1, 0.15) is 0 Å². The van der Waals surface area contributed by atoms with Gasteiger partial charge in [-0.2, -0.15) is 5.26 Å². The summed E-state index contributed by atoms with van der Waals surface area (Å²) in [6.45, 7) is 7.24. The molecule has 0 heterocycles. The summed E-state index contributed by atoms with van der Waals surface area (Å²) in [7, 11) is -1.13. The Morgan fingerprint density at radius 2 is 2.05 bits per heavy atom. The Morgan fingerprint density at radius 3 is 2.74 bits per heavy atom. The molecular formula is C17H21NSi. The lowest BCUT2D eigenvalue weighted by molar-refractivity contribution is 0.126. The second-order valence-electron chi connectivity index (χ2n) is 7.23. The van der Waals surface area contributed by atoms with Crippen LogP contribution in [0.15, 0.2) is 30.3 Å². The van der Waals surface area contributed by atoms with E-state index < -0.39 is 8.07 Å². The van der Waals surface area contributed by atoms with Crippen molar-refractivity contribution in [2.75, 3.05) is 0 Å². The van der Waals surface area contributed by atoms with Crippen molar-refractivity contribution in [1.82, 2.24) is 0 Å². The zero-order chi connectivity index (χ0) is 13.7. The maximum Gasteiger partial charge on any atom is 0.0916 e. The molecule has 3 atom stereocenters. The first-order chi connectivity index (χ1) is 8.97. The van der Waals surface area contributed by atoms with Crippen LogP contribution in [0.5, 0.6) is 0 Å². The van der Waals surface area contributed by atoms with Crippen LogP contribution in [-0.4, -0.2) is 8.07 Å². The van der Waals surface area contributed by atoms with Crippen LogP contribution in [0.3, 0.4) is 0 Å². The first-order valence-electron chi connectivity index (χ1n) is 7.16. The number of allylic oxidation sites excluding steroid dienone is 1. The number of rotatable bonds is 2. The molecule has 0 bridgehead atoms. The van der Waals surface area contributed by atoms with Gasteiger partial charge in [-0.25, -0.2) is 0 Å². The Morgan fingerprint density at radius 1 is 1.32 bits per heavy atom. The SMILES string of the molecule is C[Si](C)(C)C[C@H]1CC2C=Cc3ccccc3[C@@]21C#N. The van der Waals surface area contributed by atoms with Crippen LogP contribution in [0.1, 0.15) is 17.5 Å². The molecule has 3 rings (SSSR count). The molecule has 0 spiro atoms. The van der Waals surface area contributed by atoms with Gasteiger partial charge >= 0.3 is 0 Å². The van der Waals surface area contributed by atoms with Gasteiger partial charge in [0.2, 0.25) is 0 Å². The van der Waals surface area contributed by atoms with Crippen LogP contribution in [0, 0.1) is 23.2 Å². The summed E-state index contributed by atoms with van der Waals surface area (Å²) < 4.78 is 0. The molecule has 1 nitrogen and oxygen atoms in total. The standard InChI is InChI=1S/C17H21NSi/c1-19(2,3)11-15-10-14-9-8-13-6-4-5-7-16(13)17(14,15)12-18/h4-9,14-15H,10-11H2,1-3H3/t14?,15-,17+/m1/s1. The minimum Gasteiger partial charge on any atom is -0.197 e. The van der Waals surface area contributed by atoms with Gasteiger partial charge in [0.05, 0.1) is 11.5 Å². The maximum absolute atomic E-state index is 9.92. The normalized spacial score (nSPS) is 31.9. The van der Waals surface area contributed by atoms with Crippen molar-refractivity contribution in [2.45, 2.75) is 37.5 Å². The van der Waals surface area contributed by atoms with E-state index in [0.717, 1.165) is 0 Å². The highest BCUT2D eigenvalue weighted by molar-refractivity contribution is 6.76. The molecule has 0 N–H and O–H groups in total. The van der Waals surface area contributed by atoms with Crippen molar-refractivity contribution in [3.63, 3.8) is 0 Å². The zero-order valence-corrected chi connectivity index (χ0v) is 13.0. The van der Waals surface area contributed by atoms with E-state index in [0.29, 0.717) is 11.8 Å². The van der Waals surface area contributed by atoms with E-state index >= 15 is 0 Å². The fraction of sp³-hybridized carbons (Fsp3) is 0.471. The molecule has 98 valence electrons. The minimum absolute atomic E-state index is 0.231. The molecule has 0 amide bonds. The summed E-state index contributed by atoms with van der Waals surface area (Å²) in [5, 5.41) is 9.92. The minimum atomic E-state index is -1.13. The summed E-state index contributed by atoms with van der Waals surface area (Å²) in [4.78, 5) is 0. The van der Waals surface area contributed by atoms with Crippen molar-refractivity contribution < 1.29 is 0 Å². The molecule has 0 saturated heterocycles. The third-order valence-corrected chi connectivity index (χ3v) is 6.44. The van der Waals surface area contributed by atoms with Gasteiger partial charge in [0, 0.05) is 14.0 Å². The third kappa shape index (κ3) is 1.80. The Labute approximate surface area is 117 Å². The smallest absolute Gasteiger partial charge is 0.0916 e. The van der Waals surface area contributed by atoms with Gasteiger partial charge < -0.3 is 0 Å². The average Bonchev–Trinajstić information content (AvgIpc) is 2.34. The maximum atomic E-state index is 9.92. The molecule has 1 saturated carbocycles. The van der Waals surface area contributed by atoms with Crippen LogP contribution in [0.25, 0.3) is 6.08 Å². The van der Waals surface area contributed by atoms with Crippen LogP contribution < -0.4 is 0 Å². The van der Waals surface area contributed by atoms with Crippen LogP contribution in [0.2, 0.25) is 25.7 Å². The van der Waals surface area contributed by atoms with E-state index in [2.05, 4.69) is 62.1 Å². The molecule has 0 aromatic heterocycles. The molecule has 19 heavy (non-hydrogen) atoms. The Balaban J connectivity index is 2.05. The van der Waals surface area contributed by atoms with E-state index in [4.69, 9.17) is 0 Å². The molecule has 1 fully saturated rings. The summed E-state index contributed by atoms with van der Waals surface area (Å²) in [6.07, 6.45) is 5.68. The monoisotopic (exact) mass is 267 g/mol. The number of nitrogens with zero attached hydrogens (tertiary/aromatic N) is 1. The van der Waals surface area contributed by atoms with Crippen molar-refractivity contribution in [2.24, 2.45) is 11.8 Å². The summed E-state index contributed by atoms with van der Waals surface area (Å²) in [5.74, 6) is 0.994. The predicted octanol–water partition coefficient (Wildman–Crippen LogP) is 4.45. The number of hydrogen-bond donors (Lipinski definition) is 0. The molecular weight excluding hydrogens is 246 g/mol. The van der Waals surface area contributed by atoms with Crippen LogP contribution in [0.4, 0.5) is 0 Å². The first-order valence-corrected chi connectivity index (χ1v) is 10.9. The summed E-state index contributed by atoms with van der Waals surface area (Å²) in [6, 6.07) is 12.4. The number of nitriles is 1. The summed E-state index contributed by atoms with van der Waals surface area (Å²) in [5.41, 5.74) is 2.30. The lowest BCUT2D eigenvalue weighted by Crippen LogP contribution is -2.54. The largest absolute Gasteiger partial charge is 0.197 e. The highest BCUT2D eigenvalue weighted by Crippen LogP contribution is 2.59. The Hall–Kier alpha value is -1.33. The molecule has 0 radical (unpaired) electrons. The molecule has 2 heteroatoms. The zero-order valence-electron chi connectivity index (χ0n) is 12.0. The number of fused-ring (bicyclic) bond motifs is 3. The molecule has 1 aromatic rings. The van der Waals surface area contributed by atoms with Crippen molar-refractivity contribution >= 4 is 14.1 Å². The van der Waals surface area contributed by atoms with Gasteiger partial charge in [-0.1, -0.05) is 62.1 Å². The van der Waals surface area contributed by atoms with Gasteiger partial charge in [-0.3, -0.25) is 0 Å². The number of hydrogen-bond acceptors (Lipinski definition) is 1. The predicted molar refractivity (Wildman–Crippen MR) is 82.5 cm³/mol. The van der Waals surface area contributed by atoms with Gasteiger partial charge in [-0.05, 0) is 23.5 Å². The van der Waals surface area contributed by atoms with Gasteiger partial charge in [-0.15, -0.1) is 0 Å². The molecule has 1 unspecified atom stereocenters. The van der Waals surface area contributed by atoms with E-state index in [1.807, 2.05) is 0 Å². The lowest BCUT2D eigenvalue weighted by Gasteiger charge is -2.54. The fourth-order valence-electron chi connectivity index (χ4n) is 3.93. The van der Waals surface area contributed by atoms with Crippen LogP contribution >= 0.6 is 0 Å². The second kappa shape index (κ2) is 4.08. The highest BCUT2D eigenvalue weighted by Gasteiger charge is 2.57. The topological polar surface area (TPSA) is 23.8 Å². The van der Waals surface area contributed by atoms with E-state index in [-0.39, 0.29) is 5.41 Å². The Kier molecular flexibility index (Phi) is 2.72. The highest BCUT2D eigenvalue weighted by atomic mass is 28.3. The van der Waals surface area contributed by atoms with Crippen LogP contribution in [-0.2, 0) is 5.41 Å². The van der Waals surface area contributed by atoms with Crippen molar-refractivity contribution in [3.05, 3.63) is 41.5 Å². The van der Waals surface area contributed by atoms with Crippen molar-refractivity contribution in [1.29, 1.82) is 5.26 Å². The third-order valence-electron chi connectivity index (χ3n) is 4.73. The lowest BCUT2D eigenvalue weighted by atomic mass is 9.49. The van der Waals surface area contributed by atoms with Gasteiger partial charge in [0.15, 0.2) is 0 Å². The quantitative estimate of drug-likeness (QED) is 0.726. The summed E-state index contributed by atoms with van der Waals surface area (Å²) >= 11 is 0. The molecule has 0 aliphatic heterocycles. The molecule has 2 aliphatic rings. The molecule has 2 aliphatic carbocycles. The van der Waals surface area contributed by atoms with E-state index in [1.54, 1.807) is 0 Å². The first kappa shape index (κ1) is 12.7. The van der Waals surface area contributed by atoms with E-state index in [9.17, 15) is 5.26 Å². The number of benzene rings is 1. The average molecular weight is 267 g/mol. The fourth-order valence-corrected chi connectivity index (χ4v) is 5.89. The Bertz CT molecular complexity index is 576.